The van der Waals surface area contributed by atoms with Crippen molar-refractivity contribution in [2.45, 2.75) is 102 Å². The van der Waals surface area contributed by atoms with Crippen LogP contribution in [0.5, 0.6) is 0 Å². The Hall–Kier alpha value is -1.89. The van der Waals surface area contributed by atoms with E-state index in [2.05, 4.69) is 39.3 Å². The highest BCUT2D eigenvalue weighted by Crippen LogP contribution is 2.69. The molecule has 0 radical (unpaired) electrons. The molecular weight excluding hydrogens is 637 g/mol. The molecule has 2 saturated carbocycles. The normalized spacial score (nSPS) is 36.8. The first-order chi connectivity index (χ1) is 21.5. The van der Waals surface area contributed by atoms with Crippen LogP contribution in [0.4, 0.5) is 0 Å². The molecule has 0 aromatic rings. The highest BCUT2D eigenvalue weighted by Gasteiger charge is 2.84. The van der Waals surface area contributed by atoms with Crippen molar-refractivity contribution < 1.29 is 61.8 Å². The zero-order chi connectivity index (χ0) is 34.1. The van der Waals surface area contributed by atoms with Crippen LogP contribution in [0.15, 0.2) is 0 Å². The molecule has 4 aliphatic rings. The molecule has 15 heteroatoms. The van der Waals surface area contributed by atoms with E-state index in [4.69, 9.17) is 42.6 Å². The lowest BCUT2D eigenvalue weighted by Crippen LogP contribution is -2.76. The van der Waals surface area contributed by atoms with Gasteiger partial charge in [0.2, 0.25) is 0 Å². The lowest BCUT2D eigenvalue weighted by atomic mass is 9.43. The molecule has 0 amide bonds. The highest BCUT2D eigenvalue weighted by molar-refractivity contribution is 6.76. The molecule has 2 saturated heterocycles. The Balaban J connectivity index is 1.78. The Morgan fingerprint density at radius 1 is 0.957 bits per heavy atom. The van der Waals surface area contributed by atoms with Gasteiger partial charge >= 0.3 is 17.9 Å². The molecule has 4 rings (SSSR count). The minimum absolute atomic E-state index is 0.0840. The lowest BCUT2D eigenvalue weighted by Gasteiger charge is -2.62. The first kappa shape index (κ1) is 36.9. The Morgan fingerprint density at radius 2 is 1.54 bits per heavy atom. The van der Waals surface area contributed by atoms with Crippen LogP contribution in [-0.4, -0.2) is 118 Å². The molecule has 0 unspecified atom stereocenters. The van der Waals surface area contributed by atoms with Gasteiger partial charge in [-0.05, 0) is 19.0 Å². The van der Waals surface area contributed by atoms with Crippen LogP contribution in [0.25, 0.3) is 0 Å². The second-order valence-electron chi connectivity index (χ2n) is 15.6. The zero-order valence-electron chi connectivity index (χ0n) is 28.7. The molecule has 4 fully saturated rings. The number of esters is 3. The van der Waals surface area contributed by atoms with E-state index < -0.39 is 86.7 Å². The van der Waals surface area contributed by atoms with Crippen LogP contribution < -0.4 is 0 Å². The van der Waals surface area contributed by atoms with Gasteiger partial charge < -0.3 is 42.6 Å². The summed E-state index contributed by atoms with van der Waals surface area (Å²) in [6, 6.07) is 1.86. The van der Waals surface area contributed by atoms with E-state index in [-0.39, 0.29) is 39.7 Å². The van der Waals surface area contributed by atoms with Crippen molar-refractivity contribution in [1.82, 2.24) is 0 Å². The van der Waals surface area contributed by atoms with Gasteiger partial charge in [-0.3, -0.25) is 19.2 Å². The summed E-state index contributed by atoms with van der Waals surface area (Å²) in [5.41, 5.74) is -4.42. The molecule has 9 atom stereocenters. The largest absolute Gasteiger partial charge is 0.468 e. The number of cyclic esters (lactones) is 1. The number of ether oxygens (including phenoxy) is 9. The number of hydrogen-bond acceptors (Lipinski definition) is 13. The quantitative estimate of drug-likeness (QED) is 0.0584. The molecule has 2 aliphatic carbocycles. The van der Waals surface area contributed by atoms with Gasteiger partial charge in [-0.15, -0.1) is 0 Å². The van der Waals surface area contributed by atoms with Crippen molar-refractivity contribution in [3.63, 3.8) is 0 Å². The molecule has 262 valence electrons. The van der Waals surface area contributed by atoms with Crippen LogP contribution >= 0.6 is 0 Å². The Labute approximate surface area is 273 Å². The zero-order valence-corrected chi connectivity index (χ0v) is 30.7. The number of carbonyl (C=O) groups is 4. The van der Waals surface area contributed by atoms with E-state index in [9.17, 15) is 19.2 Å². The maximum atomic E-state index is 14.0. The third-order valence-electron chi connectivity index (χ3n) is 10.1. The number of methoxy groups -OCH3 is 1. The molecule has 13 nitrogen and oxygen atoms in total. The number of carbonyl (C=O) groups excluding carboxylic acids is 4. The molecule has 2 aliphatic heterocycles. The van der Waals surface area contributed by atoms with Crippen molar-refractivity contribution >= 4 is 40.5 Å². The van der Waals surface area contributed by atoms with Crippen LogP contribution in [0, 0.1) is 22.7 Å². The van der Waals surface area contributed by atoms with Crippen LogP contribution in [0.2, 0.25) is 51.4 Å². The predicted octanol–water partition coefficient (Wildman–Crippen LogP) is 3.00. The maximum absolute atomic E-state index is 14.0. The van der Waals surface area contributed by atoms with Crippen molar-refractivity contribution in [3.05, 3.63) is 0 Å². The molecule has 0 aromatic carbocycles. The average molecular weight is 689 g/mol. The monoisotopic (exact) mass is 688 g/mol. The number of rotatable bonds is 16. The molecule has 0 bridgehead atoms. The summed E-state index contributed by atoms with van der Waals surface area (Å²) in [5, 5.41) is 0. The minimum Gasteiger partial charge on any atom is -0.468 e. The maximum Gasteiger partial charge on any atom is 0.317 e. The van der Waals surface area contributed by atoms with Gasteiger partial charge in [0.1, 0.15) is 37.6 Å². The second-order valence-corrected chi connectivity index (χ2v) is 26.8. The fourth-order valence-electron chi connectivity index (χ4n) is 7.95. The SMILES string of the molecule is COC(=O)[C@@]12CO[C@H]3[C@@H](OC(C)=O)[C@@](C)(OC=O)[C@@H]4C(=O)OC[C@]4([C@@H](OCOCC[Si](C)(C)C)C[C@H]1OCOCC[Si](C)(C)C)[C@@H]32. The summed E-state index contributed by atoms with van der Waals surface area (Å²) in [6.07, 6.45) is -3.72. The van der Waals surface area contributed by atoms with Gasteiger partial charge in [-0.1, -0.05) is 39.3 Å². The Kier molecular flexibility index (Phi) is 11.2. The molecule has 2 heterocycles. The summed E-state index contributed by atoms with van der Waals surface area (Å²) in [4.78, 5) is 52.2. The number of hydrogen-bond donors (Lipinski definition) is 0. The summed E-state index contributed by atoms with van der Waals surface area (Å²) in [6.45, 7) is 17.0. The van der Waals surface area contributed by atoms with Gasteiger partial charge in [-0.25, -0.2) is 0 Å². The van der Waals surface area contributed by atoms with Gasteiger partial charge in [0, 0.05) is 48.6 Å². The van der Waals surface area contributed by atoms with Crippen molar-refractivity contribution in [3.8, 4) is 0 Å². The first-order valence-electron chi connectivity index (χ1n) is 16.0. The third kappa shape index (κ3) is 6.83. The van der Waals surface area contributed by atoms with E-state index in [0.29, 0.717) is 13.2 Å². The third-order valence-corrected chi connectivity index (χ3v) is 13.5. The Bertz CT molecular complexity index is 1140. The minimum atomic E-state index is -1.71. The molecule has 0 aromatic heterocycles. The lowest BCUT2D eigenvalue weighted by molar-refractivity contribution is -0.292. The first-order valence-corrected chi connectivity index (χ1v) is 23.4. The van der Waals surface area contributed by atoms with Gasteiger partial charge in [0.15, 0.2) is 11.7 Å². The summed E-state index contributed by atoms with van der Waals surface area (Å²) in [5.74, 6) is -3.97. The summed E-state index contributed by atoms with van der Waals surface area (Å²) >= 11 is 0. The second kappa shape index (κ2) is 13.9. The average Bonchev–Trinajstić information content (AvgIpc) is 3.52. The van der Waals surface area contributed by atoms with E-state index in [0.717, 1.165) is 12.1 Å². The van der Waals surface area contributed by atoms with Gasteiger partial charge in [0.05, 0.1) is 31.3 Å². The van der Waals surface area contributed by atoms with Crippen molar-refractivity contribution in [2.24, 2.45) is 22.7 Å². The smallest absolute Gasteiger partial charge is 0.317 e. The van der Waals surface area contributed by atoms with Gasteiger partial charge in [0.25, 0.3) is 6.47 Å². The van der Waals surface area contributed by atoms with E-state index in [1.165, 1.54) is 21.0 Å². The van der Waals surface area contributed by atoms with Crippen molar-refractivity contribution in [1.29, 1.82) is 0 Å². The Morgan fingerprint density at radius 3 is 2.07 bits per heavy atom. The highest BCUT2D eigenvalue weighted by atomic mass is 28.3. The van der Waals surface area contributed by atoms with Gasteiger partial charge in [-0.2, -0.15) is 0 Å². The van der Waals surface area contributed by atoms with E-state index in [1.54, 1.807) is 0 Å². The van der Waals surface area contributed by atoms with Crippen LogP contribution in [0.1, 0.15) is 20.3 Å². The molecule has 0 N–H and O–H groups in total. The topological polar surface area (TPSA) is 151 Å². The molecule has 46 heavy (non-hydrogen) atoms. The molecular formula is C31H52O13Si2. The van der Waals surface area contributed by atoms with E-state index in [1.807, 2.05) is 0 Å². The van der Waals surface area contributed by atoms with Crippen LogP contribution in [0.3, 0.4) is 0 Å². The standard InChI is InChI=1S/C31H52O13Si2/c1-20(33)44-26-23-24-30(15-40-27(34)25(30)29(26,2)43-17-32)21(41-18-37-10-12-45(4,5)6)14-22(31(24,16-39-23)28(35)36-3)42-19-38-11-13-46(7,8)9/h17,21-26H,10-16,18-19H2,1-9H3/t21-,22+,23+,24+,25-,26+,29-,30-,31-/m0/s1. The fraction of sp³-hybridized carbons (Fsp3) is 0.871. The summed E-state index contributed by atoms with van der Waals surface area (Å²) < 4.78 is 53.7. The van der Waals surface area contributed by atoms with Crippen LogP contribution in [-0.2, 0) is 61.8 Å². The van der Waals surface area contributed by atoms with E-state index >= 15 is 0 Å². The molecule has 1 spiro atoms. The van der Waals surface area contributed by atoms with Crippen molar-refractivity contribution in [2.75, 3.05) is 47.1 Å². The predicted molar refractivity (Wildman–Crippen MR) is 168 cm³/mol. The summed E-state index contributed by atoms with van der Waals surface area (Å²) in [7, 11) is -1.45. The fourth-order valence-corrected chi connectivity index (χ4v) is 9.46.